The molecule has 0 aliphatic heterocycles. The van der Waals surface area contributed by atoms with Crippen molar-refractivity contribution in [3.8, 4) is 11.5 Å². The number of benzene rings is 2. The standard InChI is InChI=1S/C21H25NO3/c1-5-6-11-24-20-12-16(2)21(17(3)13-20)25-15-19-9-7-18(8-10-19)14-22-23-4/h5-10,12-14H,11,15H2,1-4H3/b6-5+,22-14?. The van der Waals surface area contributed by atoms with Gasteiger partial charge in [-0.25, -0.2) is 0 Å². The molecule has 0 N–H and O–H groups in total. The molecule has 0 heterocycles. The number of nitrogens with zero attached hydrogens (tertiary/aromatic N) is 1. The summed E-state index contributed by atoms with van der Waals surface area (Å²) in [6, 6.07) is 12.0. The minimum absolute atomic E-state index is 0.516. The first-order valence-electron chi connectivity index (χ1n) is 8.27. The Morgan fingerprint density at radius 2 is 1.68 bits per heavy atom. The lowest BCUT2D eigenvalue weighted by Crippen LogP contribution is -2.01. The van der Waals surface area contributed by atoms with Gasteiger partial charge in [-0.3, -0.25) is 0 Å². The molecule has 132 valence electrons. The molecule has 0 fully saturated rings. The minimum Gasteiger partial charge on any atom is -0.490 e. The minimum atomic E-state index is 0.516. The van der Waals surface area contributed by atoms with Crippen LogP contribution < -0.4 is 9.47 Å². The van der Waals surface area contributed by atoms with E-state index in [1.165, 1.54) is 7.11 Å². The summed E-state index contributed by atoms with van der Waals surface area (Å²) < 4.78 is 11.7. The lowest BCUT2D eigenvalue weighted by molar-refractivity contribution is 0.215. The van der Waals surface area contributed by atoms with Crippen molar-refractivity contribution >= 4 is 6.21 Å². The molecule has 4 nitrogen and oxygen atoms in total. The Bertz CT molecular complexity index is 710. The van der Waals surface area contributed by atoms with Gasteiger partial charge in [0.25, 0.3) is 0 Å². The second-order valence-electron chi connectivity index (χ2n) is 5.71. The molecule has 0 aliphatic carbocycles. The highest BCUT2D eigenvalue weighted by molar-refractivity contribution is 5.79. The van der Waals surface area contributed by atoms with Gasteiger partial charge in [0.2, 0.25) is 0 Å². The van der Waals surface area contributed by atoms with Gasteiger partial charge in [-0.2, -0.15) is 0 Å². The van der Waals surface area contributed by atoms with Crippen LogP contribution in [0.1, 0.15) is 29.2 Å². The van der Waals surface area contributed by atoms with Gasteiger partial charge in [0, 0.05) is 0 Å². The molecule has 0 radical (unpaired) electrons. The third-order valence-corrected chi connectivity index (χ3v) is 3.69. The summed E-state index contributed by atoms with van der Waals surface area (Å²) in [4.78, 5) is 4.68. The molecule has 0 aliphatic rings. The average molecular weight is 339 g/mol. The molecule has 0 aromatic heterocycles. The maximum absolute atomic E-state index is 6.03. The molecule has 0 bridgehead atoms. The van der Waals surface area contributed by atoms with Crippen molar-refractivity contribution in [3.05, 3.63) is 70.8 Å². The number of hydrogen-bond donors (Lipinski definition) is 0. The number of oxime groups is 1. The molecule has 0 spiro atoms. The van der Waals surface area contributed by atoms with E-state index < -0.39 is 0 Å². The number of allylic oxidation sites excluding steroid dienone is 1. The third kappa shape index (κ3) is 5.68. The fourth-order valence-corrected chi connectivity index (χ4v) is 2.43. The summed E-state index contributed by atoms with van der Waals surface area (Å²) in [5.41, 5.74) is 4.22. The Balaban J connectivity index is 2.01. The quantitative estimate of drug-likeness (QED) is 0.393. The number of rotatable bonds is 8. The summed E-state index contributed by atoms with van der Waals surface area (Å²) in [6.07, 6.45) is 5.63. The molecule has 0 unspecified atom stereocenters. The highest BCUT2D eigenvalue weighted by Crippen LogP contribution is 2.29. The van der Waals surface area contributed by atoms with Gasteiger partial charge in [0.05, 0.1) is 6.21 Å². The Labute approximate surface area is 149 Å². The van der Waals surface area contributed by atoms with Gasteiger partial charge in [-0.15, -0.1) is 0 Å². The van der Waals surface area contributed by atoms with E-state index in [-0.39, 0.29) is 0 Å². The van der Waals surface area contributed by atoms with Crippen molar-refractivity contribution in [2.45, 2.75) is 27.4 Å². The fourth-order valence-electron chi connectivity index (χ4n) is 2.43. The van der Waals surface area contributed by atoms with E-state index in [0.29, 0.717) is 13.2 Å². The van der Waals surface area contributed by atoms with Crippen molar-refractivity contribution in [2.24, 2.45) is 5.16 Å². The predicted octanol–water partition coefficient (Wildman–Crippen LogP) is 4.82. The van der Waals surface area contributed by atoms with Gasteiger partial charge in [-0.05, 0) is 55.2 Å². The lowest BCUT2D eigenvalue weighted by atomic mass is 10.1. The van der Waals surface area contributed by atoms with Crippen LogP contribution in [-0.4, -0.2) is 19.9 Å². The summed E-state index contributed by atoms with van der Waals surface area (Å²) in [7, 11) is 1.53. The Kier molecular flexibility index (Phi) is 7.08. The van der Waals surface area contributed by atoms with Crippen LogP contribution >= 0.6 is 0 Å². The highest BCUT2D eigenvalue weighted by Gasteiger charge is 2.07. The highest BCUT2D eigenvalue weighted by atomic mass is 16.6. The first-order chi connectivity index (χ1) is 12.1. The Morgan fingerprint density at radius 3 is 2.28 bits per heavy atom. The van der Waals surface area contributed by atoms with E-state index in [1.807, 2.05) is 69.3 Å². The van der Waals surface area contributed by atoms with E-state index in [1.54, 1.807) is 6.21 Å². The summed E-state index contributed by atoms with van der Waals surface area (Å²) in [6.45, 7) is 7.15. The Hall–Kier alpha value is -2.75. The monoisotopic (exact) mass is 339 g/mol. The summed E-state index contributed by atoms with van der Waals surface area (Å²) >= 11 is 0. The van der Waals surface area contributed by atoms with E-state index in [4.69, 9.17) is 9.47 Å². The van der Waals surface area contributed by atoms with Crippen LogP contribution in [0.4, 0.5) is 0 Å². The lowest BCUT2D eigenvalue weighted by Gasteiger charge is -2.14. The first-order valence-corrected chi connectivity index (χ1v) is 8.27. The van der Waals surface area contributed by atoms with Crippen LogP contribution in [0.5, 0.6) is 11.5 Å². The molecule has 0 saturated heterocycles. The maximum atomic E-state index is 6.03. The number of ether oxygens (including phenoxy) is 2. The molecule has 0 amide bonds. The second kappa shape index (κ2) is 9.52. The maximum Gasteiger partial charge on any atom is 0.125 e. The summed E-state index contributed by atoms with van der Waals surface area (Å²) in [5.74, 6) is 1.77. The zero-order valence-electron chi connectivity index (χ0n) is 15.3. The zero-order chi connectivity index (χ0) is 18.1. The molecular formula is C21H25NO3. The number of aryl methyl sites for hydroxylation is 2. The molecule has 2 rings (SSSR count). The normalized spacial score (nSPS) is 11.2. The topological polar surface area (TPSA) is 40.0 Å². The summed E-state index contributed by atoms with van der Waals surface area (Å²) in [5, 5.41) is 3.75. The fraction of sp³-hybridized carbons (Fsp3) is 0.286. The van der Waals surface area contributed by atoms with E-state index in [9.17, 15) is 0 Å². The van der Waals surface area contributed by atoms with Gasteiger partial charge >= 0.3 is 0 Å². The van der Waals surface area contributed by atoms with Crippen LogP contribution in [0.3, 0.4) is 0 Å². The average Bonchev–Trinajstić information content (AvgIpc) is 2.60. The van der Waals surface area contributed by atoms with Crippen LogP contribution in [-0.2, 0) is 11.4 Å². The SMILES string of the molecule is C/C=C/COc1cc(C)c(OCc2ccc(C=NOC)cc2)c(C)c1. The van der Waals surface area contributed by atoms with Crippen LogP contribution in [0, 0.1) is 13.8 Å². The first kappa shape index (κ1) is 18.6. The number of hydrogen-bond acceptors (Lipinski definition) is 4. The molecule has 4 heteroatoms. The van der Waals surface area contributed by atoms with Crippen LogP contribution in [0.25, 0.3) is 0 Å². The van der Waals surface area contributed by atoms with Crippen molar-refractivity contribution in [1.29, 1.82) is 0 Å². The van der Waals surface area contributed by atoms with E-state index in [0.717, 1.165) is 33.8 Å². The van der Waals surface area contributed by atoms with Gasteiger partial charge < -0.3 is 14.3 Å². The van der Waals surface area contributed by atoms with Crippen molar-refractivity contribution < 1.29 is 14.3 Å². The zero-order valence-corrected chi connectivity index (χ0v) is 15.3. The molecule has 25 heavy (non-hydrogen) atoms. The smallest absolute Gasteiger partial charge is 0.125 e. The van der Waals surface area contributed by atoms with E-state index in [2.05, 4.69) is 9.99 Å². The second-order valence-corrected chi connectivity index (χ2v) is 5.71. The Morgan fingerprint density at radius 1 is 1.00 bits per heavy atom. The van der Waals surface area contributed by atoms with Gasteiger partial charge in [0.15, 0.2) is 0 Å². The van der Waals surface area contributed by atoms with Crippen molar-refractivity contribution in [3.63, 3.8) is 0 Å². The van der Waals surface area contributed by atoms with Gasteiger partial charge in [-0.1, -0.05) is 41.6 Å². The molecule has 0 atom stereocenters. The van der Waals surface area contributed by atoms with Crippen LogP contribution in [0.15, 0.2) is 53.7 Å². The van der Waals surface area contributed by atoms with Crippen LogP contribution in [0.2, 0.25) is 0 Å². The molecule has 2 aromatic carbocycles. The molecule has 0 saturated carbocycles. The largest absolute Gasteiger partial charge is 0.490 e. The van der Waals surface area contributed by atoms with Crippen molar-refractivity contribution in [2.75, 3.05) is 13.7 Å². The molecule has 2 aromatic rings. The van der Waals surface area contributed by atoms with E-state index >= 15 is 0 Å². The van der Waals surface area contributed by atoms with Crippen molar-refractivity contribution in [1.82, 2.24) is 0 Å². The molecular weight excluding hydrogens is 314 g/mol. The predicted molar refractivity (Wildman–Crippen MR) is 102 cm³/mol. The van der Waals surface area contributed by atoms with Gasteiger partial charge in [0.1, 0.15) is 31.8 Å². The third-order valence-electron chi connectivity index (χ3n) is 3.69.